The van der Waals surface area contributed by atoms with Crippen LogP contribution in [0.5, 0.6) is 0 Å². The average Bonchev–Trinajstić information content (AvgIpc) is 2.33. The Hall–Kier alpha value is -1.26. The molecule has 1 heterocycles. The maximum absolute atomic E-state index is 10.2. The van der Waals surface area contributed by atoms with E-state index in [0.717, 1.165) is 15.6 Å². The number of hydrogen-bond acceptors (Lipinski definition) is 3. The van der Waals surface area contributed by atoms with Gasteiger partial charge in [-0.15, -0.1) is 0 Å². The topological polar surface area (TPSA) is 46.0 Å². The fraction of sp³-hybridized carbons (Fsp3) is 0.167. The first kappa shape index (κ1) is 11.2. The lowest BCUT2D eigenvalue weighted by Gasteiger charge is -2.13. The van der Waals surface area contributed by atoms with Gasteiger partial charge in [-0.3, -0.25) is 9.97 Å². The summed E-state index contributed by atoms with van der Waals surface area (Å²) in [5, 5.41) is 10.2. The smallest absolute Gasteiger partial charge is 0.123 e. The number of aliphatic hydroxyl groups is 1. The van der Waals surface area contributed by atoms with Crippen molar-refractivity contribution < 1.29 is 5.11 Å². The van der Waals surface area contributed by atoms with Crippen molar-refractivity contribution in [1.29, 1.82) is 0 Å². The summed E-state index contributed by atoms with van der Waals surface area (Å²) >= 11 is 3.44. The maximum Gasteiger partial charge on any atom is 0.123 e. The third kappa shape index (κ3) is 2.13. The van der Waals surface area contributed by atoms with Crippen molar-refractivity contribution in [2.24, 2.45) is 0 Å². The zero-order chi connectivity index (χ0) is 11.5. The molecule has 3 nitrogen and oxygen atoms in total. The van der Waals surface area contributed by atoms with Crippen molar-refractivity contribution in [3.63, 3.8) is 0 Å². The second-order valence-corrected chi connectivity index (χ2v) is 4.34. The van der Waals surface area contributed by atoms with Gasteiger partial charge in [-0.2, -0.15) is 0 Å². The SMILES string of the molecule is Cc1c(Br)cccc1C(O)c1cnccn1. The van der Waals surface area contributed by atoms with Crippen molar-refractivity contribution in [3.8, 4) is 0 Å². The molecule has 2 aromatic rings. The van der Waals surface area contributed by atoms with Crippen LogP contribution < -0.4 is 0 Å². The van der Waals surface area contributed by atoms with Gasteiger partial charge < -0.3 is 5.11 Å². The Morgan fingerprint density at radius 1 is 1.31 bits per heavy atom. The van der Waals surface area contributed by atoms with Crippen LogP contribution in [-0.2, 0) is 0 Å². The van der Waals surface area contributed by atoms with E-state index in [4.69, 9.17) is 0 Å². The molecule has 0 amide bonds. The van der Waals surface area contributed by atoms with Crippen molar-refractivity contribution in [2.45, 2.75) is 13.0 Å². The first-order chi connectivity index (χ1) is 7.70. The Labute approximate surface area is 102 Å². The quantitative estimate of drug-likeness (QED) is 0.919. The summed E-state index contributed by atoms with van der Waals surface area (Å²) in [5.41, 5.74) is 2.42. The van der Waals surface area contributed by atoms with Crippen LogP contribution in [0.2, 0.25) is 0 Å². The average molecular weight is 279 g/mol. The molecule has 1 unspecified atom stereocenters. The van der Waals surface area contributed by atoms with Gasteiger partial charge in [0, 0.05) is 16.9 Å². The van der Waals surface area contributed by atoms with E-state index in [1.807, 2.05) is 25.1 Å². The molecule has 1 aromatic carbocycles. The molecule has 0 radical (unpaired) electrons. The number of benzene rings is 1. The van der Waals surface area contributed by atoms with Gasteiger partial charge in [0.1, 0.15) is 6.10 Å². The van der Waals surface area contributed by atoms with Gasteiger partial charge in [-0.05, 0) is 24.1 Å². The van der Waals surface area contributed by atoms with E-state index >= 15 is 0 Å². The van der Waals surface area contributed by atoms with Crippen molar-refractivity contribution in [3.05, 3.63) is 58.1 Å². The summed E-state index contributed by atoms with van der Waals surface area (Å²) < 4.78 is 0.980. The normalized spacial score (nSPS) is 12.4. The molecular weight excluding hydrogens is 268 g/mol. The van der Waals surface area contributed by atoms with E-state index < -0.39 is 6.10 Å². The largest absolute Gasteiger partial charge is 0.382 e. The molecule has 0 aliphatic rings. The highest BCUT2D eigenvalue weighted by Gasteiger charge is 2.15. The predicted octanol–water partition coefficient (Wildman–Crippen LogP) is 2.63. The highest BCUT2D eigenvalue weighted by molar-refractivity contribution is 9.10. The Morgan fingerprint density at radius 3 is 2.81 bits per heavy atom. The fourth-order valence-electron chi connectivity index (χ4n) is 1.53. The molecule has 4 heteroatoms. The Balaban J connectivity index is 2.42. The molecule has 1 aromatic heterocycles. The number of aliphatic hydroxyl groups excluding tert-OH is 1. The minimum Gasteiger partial charge on any atom is -0.382 e. The molecule has 1 N–H and O–H groups in total. The lowest BCUT2D eigenvalue weighted by molar-refractivity contribution is 0.214. The minimum atomic E-state index is -0.730. The fourth-order valence-corrected chi connectivity index (χ4v) is 1.91. The third-order valence-electron chi connectivity index (χ3n) is 2.47. The Kier molecular flexibility index (Phi) is 3.31. The molecular formula is C12H11BrN2O. The highest BCUT2D eigenvalue weighted by atomic mass is 79.9. The number of hydrogen-bond donors (Lipinski definition) is 1. The van der Waals surface area contributed by atoms with Crippen LogP contribution in [0, 0.1) is 6.92 Å². The first-order valence-corrected chi connectivity index (χ1v) is 5.68. The minimum absolute atomic E-state index is 0.559. The number of aromatic nitrogens is 2. The lowest BCUT2D eigenvalue weighted by atomic mass is 10.0. The van der Waals surface area contributed by atoms with E-state index in [-0.39, 0.29) is 0 Å². The molecule has 2 rings (SSSR count). The van der Waals surface area contributed by atoms with Gasteiger partial charge in [0.25, 0.3) is 0 Å². The Morgan fingerprint density at radius 2 is 2.12 bits per heavy atom. The highest BCUT2D eigenvalue weighted by Crippen LogP contribution is 2.27. The molecule has 82 valence electrons. The van der Waals surface area contributed by atoms with Crippen molar-refractivity contribution in [2.75, 3.05) is 0 Å². The molecule has 0 bridgehead atoms. The molecule has 0 fully saturated rings. The van der Waals surface area contributed by atoms with Gasteiger partial charge >= 0.3 is 0 Å². The summed E-state index contributed by atoms with van der Waals surface area (Å²) in [6.07, 6.45) is 4.01. The van der Waals surface area contributed by atoms with Gasteiger partial charge in [0.05, 0.1) is 11.9 Å². The molecule has 16 heavy (non-hydrogen) atoms. The van der Waals surface area contributed by atoms with Crippen LogP contribution in [0.1, 0.15) is 22.9 Å². The maximum atomic E-state index is 10.2. The number of nitrogens with zero attached hydrogens (tertiary/aromatic N) is 2. The number of rotatable bonds is 2. The summed E-state index contributed by atoms with van der Waals surface area (Å²) in [4.78, 5) is 8.05. The van der Waals surface area contributed by atoms with Gasteiger partial charge in [0.2, 0.25) is 0 Å². The summed E-state index contributed by atoms with van der Waals surface area (Å²) in [6.45, 7) is 1.96. The number of halogens is 1. The molecule has 0 saturated carbocycles. The van der Waals surface area contributed by atoms with Crippen LogP contribution in [0.4, 0.5) is 0 Å². The van der Waals surface area contributed by atoms with Crippen LogP contribution in [0.3, 0.4) is 0 Å². The van der Waals surface area contributed by atoms with Gasteiger partial charge in [-0.25, -0.2) is 0 Å². The second kappa shape index (κ2) is 4.72. The zero-order valence-corrected chi connectivity index (χ0v) is 10.3. The standard InChI is InChI=1S/C12H11BrN2O/c1-8-9(3-2-4-10(8)13)12(16)11-7-14-5-6-15-11/h2-7,12,16H,1H3. The van der Waals surface area contributed by atoms with Crippen LogP contribution in [-0.4, -0.2) is 15.1 Å². The Bertz CT molecular complexity index is 488. The molecule has 0 aliphatic heterocycles. The monoisotopic (exact) mass is 278 g/mol. The molecule has 0 spiro atoms. The van der Waals surface area contributed by atoms with E-state index in [1.165, 1.54) is 0 Å². The third-order valence-corrected chi connectivity index (χ3v) is 3.33. The summed E-state index contributed by atoms with van der Waals surface area (Å²) in [5.74, 6) is 0. The lowest BCUT2D eigenvalue weighted by Crippen LogP contribution is -2.04. The van der Waals surface area contributed by atoms with E-state index in [1.54, 1.807) is 18.6 Å². The van der Waals surface area contributed by atoms with E-state index in [2.05, 4.69) is 25.9 Å². The summed E-state index contributed by atoms with van der Waals surface area (Å²) in [7, 11) is 0. The first-order valence-electron chi connectivity index (χ1n) is 4.89. The van der Waals surface area contributed by atoms with E-state index in [0.29, 0.717) is 5.69 Å². The van der Waals surface area contributed by atoms with E-state index in [9.17, 15) is 5.11 Å². The van der Waals surface area contributed by atoms with Crippen LogP contribution in [0.15, 0.2) is 41.3 Å². The summed E-state index contributed by atoms with van der Waals surface area (Å²) in [6, 6.07) is 5.73. The molecule has 1 atom stereocenters. The second-order valence-electron chi connectivity index (χ2n) is 3.49. The molecule has 0 saturated heterocycles. The van der Waals surface area contributed by atoms with Gasteiger partial charge in [-0.1, -0.05) is 28.1 Å². The van der Waals surface area contributed by atoms with Crippen LogP contribution >= 0.6 is 15.9 Å². The van der Waals surface area contributed by atoms with Crippen LogP contribution in [0.25, 0.3) is 0 Å². The van der Waals surface area contributed by atoms with Gasteiger partial charge in [0.15, 0.2) is 0 Å². The van der Waals surface area contributed by atoms with Crippen molar-refractivity contribution >= 4 is 15.9 Å². The van der Waals surface area contributed by atoms with Crippen molar-refractivity contribution in [1.82, 2.24) is 9.97 Å². The molecule has 0 aliphatic carbocycles. The predicted molar refractivity (Wildman–Crippen MR) is 65.0 cm³/mol. The zero-order valence-electron chi connectivity index (χ0n) is 8.76.